The SMILES string of the molecule is COC(=O)C(CN1CC2CCC1C2)c1ccccc1. The van der Waals surface area contributed by atoms with E-state index in [2.05, 4.69) is 4.90 Å². The Morgan fingerprint density at radius 1 is 1.37 bits per heavy atom. The lowest BCUT2D eigenvalue weighted by atomic mass is 9.97. The fraction of sp³-hybridized carbons (Fsp3) is 0.562. The summed E-state index contributed by atoms with van der Waals surface area (Å²) in [6, 6.07) is 10.7. The molecule has 3 heteroatoms. The lowest BCUT2D eigenvalue weighted by Gasteiger charge is -2.29. The van der Waals surface area contributed by atoms with Crippen molar-refractivity contribution < 1.29 is 9.53 Å². The summed E-state index contributed by atoms with van der Waals surface area (Å²) in [6.45, 7) is 1.96. The van der Waals surface area contributed by atoms with E-state index >= 15 is 0 Å². The van der Waals surface area contributed by atoms with E-state index in [0.717, 1.165) is 24.6 Å². The van der Waals surface area contributed by atoms with Crippen LogP contribution in [0, 0.1) is 5.92 Å². The van der Waals surface area contributed by atoms with E-state index in [1.54, 1.807) is 0 Å². The number of hydrogen-bond donors (Lipinski definition) is 0. The predicted octanol–water partition coefficient (Wildman–Crippen LogP) is 2.43. The van der Waals surface area contributed by atoms with Gasteiger partial charge in [0.1, 0.15) is 0 Å². The molecule has 19 heavy (non-hydrogen) atoms. The Morgan fingerprint density at radius 3 is 2.74 bits per heavy atom. The second-order valence-electron chi connectivity index (χ2n) is 5.77. The predicted molar refractivity (Wildman–Crippen MR) is 73.9 cm³/mol. The van der Waals surface area contributed by atoms with Crippen molar-refractivity contribution in [1.29, 1.82) is 0 Å². The van der Waals surface area contributed by atoms with Gasteiger partial charge in [-0.25, -0.2) is 0 Å². The van der Waals surface area contributed by atoms with Crippen molar-refractivity contribution in [3.63, 3.8) is 0 Å². The highest BCUT2D eigenvalue weighted by molar-refractivity contribution is 5.78. The van der Waals surface area contributed by atoms with Crippen molar-refractivity contribution in [1.82, 2.24) is 4.90 Å². The second-order valence-corrected chi connectivity index (χ2v) is 5.77. The summed E-state index contributed by atoms with van der Waals surface area (Å²) in [4.78, 5) is 14.5. The third-order valence-corrected chi connectivity index (χ3v) is 4.63. The highest BCUT2D eigenvalue weighted by atomic mass is 16.5. The van der Waals surface area contributed by atoms with Gasteiger partial charge in [-0.15, -0.1) is 0 Å². The van der Waals surface area contributed by atoms with Crippen LogP contribution in [0.1, 0.15) is 30.7 Å². The molecule has 2 aliphatic rings. The molecule has 3 unspecified atom stereocenters. The number of nitrogens with zero attached hydrogens (tertiary/aromatic N) is 1. The maximum absolute atomic E-state index is 12.1. The molecule has 0 spiro atoms. The highest BCUT2D eigenvalue weighted by Crippen LogP contribution is 2.38. The van der Waals surface area contributed by atoms with E-state index in [0.29, 0.717) is 6.04 Å². The quantitative estimate of drug-likeness (QED) is 0.778. The third-order valence-electron chi connectivity index (χ3n) is 4.63. The van der Waals surface area contributed by atoms with E-state index < -0.39 is 0 Å². The molecular formula is C16H21NO2. The molecule has 1 heterocycles. The van der Waals surface area contributed by atoms with Crippen molar-refractivity contribution >= 4 is 5.97 Å². The number of carbonyl (C=O) groups is 1. The van der Waals surface area contributed by atoms with Crippen LogP contribution < -0.4 is 0 Å². The molecule has 0 amide bonds. The third kappa shape index (κ3) is 2.52. The van der Waals surface area contributed by atoms with Crippen LogP contribution in [0.2, 0.25) is 0 Å². The number of fused-ring (bicyclic) bond motifs is 2. The van der Waals surface area contributed by atoms with Crippen molar-refractivity contribution in [2.45, 2.75) is 31.2 Å². The number of likely N-dealkylation sites (tertiary alicyclic amines) is 1. The zero-order chi connectivity index (χ0) is 13.2. The Balaban J connectivity index is 1.75. The molecular weight excluding hydrogens is 238 g/mol. The van der Waals surface area contributed by atoms with E-state index in [1.165, 1.54) is 26.4 Å². The first kappa shape index (κ1) is 12.7. The number of carbonyl (C=O) groups excluding carboxylic acids is 1. The van der Waals surface area contributed by atoms with Crippen molar-refractivity contribution in [3.8, 4) is 0 Å². The molecule has 2 bridgehead atoms. The van der Waals surface area contributed by atoms with Gasteiger partial charge < -0.3 is 4.74 Å². The standard InChI is InChI=1S/C16H21NO2/c1-19-16(18)15(13-5-3-2-4-6-13)11-17-10-12-7-8-14(17)9-12/h2-6,12,14-15H,7-11H2,1H3. The van der Waals surface area contributed by atoms with Gasteiger partial charge >= 0.3 is 5.97 Å². The highest BCUT2D eigenvalue weighted by Gasteiger charge is 2.39. The molecule has 3 rings (SSSR count). The Bertz CT molecular complexity index is 445. The molecule has 0 N–H and O–H groups in total. The van der Waals surface area contributed by atoms with Gasteiger partial charge in [0.2, 0.25) is 0 Å². The first-order valence-electron chi connectivity index (χ1n) is 7.14. The molecule has 3 nitrogen and oxygen atoms in total. The van der Waals surface area contributed by atoms with E-state index in [4.69, 9.17) is 4.74 Å². The van der Waals surface area contributed by atoms with Crippen LogP contribution in [0.4, 0.5) is 0 Å². The normalized spacial score (nSPS) is 27.4. The van der Waals surface area contributed by atoms with Crippen LogP contribution in [0.25, 0.3) is 0 Å². The molecule has 3 atom stereocenters. The van der Waals surface area contributed by atoms with Crippen LogP contribution in [-0.4, -0.2) is 37.1 Å². The van der Waals surface area contributed by atoms with Crippen LogP contribution in [0.5, 0.6) is 0 Å². The fourth-order valence-corrected chi connectivity index (χ4v) is 3.63. The summed E-state index contributed by atoms with van der Waals surface area (Å²) >= 11 is 0. The molecule has 1 saturated heterocycles. The summed E-state index contributed by atoms with van der Waals surface area (Å²) in [5, 5.41) is 0. The Hall–Kier alpha value is -1.35. The number of methoxy groups -OCH3 is 1. The number of hydrogen-bond acceptors (Lipinski definition) is 3. The Kier molecular flexibility index (Phi) is 3.56. The van der Waals surface area contributed by atoms with Gasteiger partial charge in [-0.3, -0.25) is 9.69 Å². The number of piperidine rings is 1. The first-order chi connectivity index (χ1) is 9.28. The summed E-state index contributed by atoms with van der Waals surface area (Å²) in [5.41, 5.74) is 1.07. The molecule has 0 radical (unpaired) electrons. The molecule has 0 aromatic heterocycles. The fourth-order valence-electron chi connectivity index (χ4n) is 3.63. The Labute approximate surface area is 114 Å². The molecule has 1 aromatic carbocycles. The van der Waals surface area contributed by atoms with E-state index in [-0.39, 0.29) is 11.9 Å². The lowest BCUT2D eigenvalue weighted by Crippen LogP contribution is -2.37. The monoisotopic (exact) mass is 259 g/mol. The molecule has 2 fully saturated rings. The Morgan fingerprint density at radius 2 is 2.16 bits per heavy atom. The van der Waals surface area contributed by atoms with Gasteiger partial charge in [0.05, 0.1) is 13.0 Å². The van der Waals surface area contributed by atoms with E-state index in [9.17, 15) is 4.79 Å². The molecule has 1 aliphatic heterocycles. The van der Waals surface area contributed by atoms with Gasteiger partial charge in [0.25, 0.3) is 0 Å². The zero-order valence-electron chi connectivity index (χ0n) is 11.4. The first-order valence-corrected chi connectivity index (χ1v) is 7.14. The van der Waals surface area contributed by atoms with Gasteiger partial charge in [-0.1, -0.05) is 30.3 Å². The smallest absolute Gasteiger partial charge is 0.314 e. The summed E-state index contributed by atoms with van der Waals surface area (Å²) in [6.07, 6.45) is 3.99. The minimum Gasteiger partial charge on any atom is -0.469 e. The number of ether oxygens (including phenoxy) is 1. The maximum atomic E-state index is 12.1. The van der Waals surface area contributed by atoms with Crippen LogP contribution in [-0.2, 0) is 9.53 Å². The lowest BCUT2D eigenvalue weighted by molar-refractivity contribution is -0.143. The average Bonchev–Trinajstić information content (AvgIpc) is 3.07. The van der Waals surface area contributed by atoms with Crippen LogP contribution >= 0.6 is 0 Å². The average molecular weight is 259 g/mol. The number of benzene rings is 1. The van der Waals surface area contributed by atoms with Crippen molar-refractivity contribution in [2.24, 2.45) is 5.92 Å². The molecule has 102 valence electrons. The molecule has 1 aromatic rings. The van der Waals surface area contributed by atoms with Crippen LogP contribution in [0.15, 0.2) is 30.3 Å². The van der Waals surface area contributed by atoms with Gasteiger partial charge in [-0.2, -0.15) is 0 Å². The van der Waals surface area contributed by atoms with Gasteiger partial charge in [0, 0.05) is 19.1 Å². The summed E-state index contributed by atoms with van der Waals surface area (Å²) < 4.78 is 4.99. The van der Waals surface area contributed by atoms with Crippen LogP contribution in [0.3, 0.4) is 0 Å². The summed E-state index contributed by atoms with van der Waals surface area (Å²) in [7, 11) is 1.48. The van der Waals surface area contributed by atoms with Gasteiger partial charge in [-0.05, 0) is 30.7 Å². The largest absolute Gasteiger partial charge is 0.469 e. The number of esters is 1. The maximum Gasteiger partial charge on any atom is 0.314 e. The summed E-state index contributed by atoms with van der Waals surface area (Å²) in [5.74, 6) is 0.596. The van der Waals surface area contributed by atoms with Crippen molar-refractivity contribution in [2.75, 3.05) is 20.2 Å². The number of rotatable bonds is 4. The molecule has 1 aliphatic carbocycles. The zero-order valence-corrected chi connectivity index (χ0v) is 11.4. The van der Waals surface area contributed by atoms with Crippen molar-refractivity contribution in [3.05, 3.63) is 35.9 Å². The topological polar surface area (TPSA) is 29.5 Å². The van der Waals surface area contributed by atoms with Gasteiger partial charge in [0.15, 0.2) is 0 Å². The minimum absolute atomic E-state index is 0.117. The second kappa shape index (κ2) is 5.33. The minimum atomic E-state index is -0.148. The van der Waals surface area contributed by atoms with E-state index in [1.807, 2.05) is 30.3 Å². The molecule has 1 saturated carbocycles.